The molecule has 0 radical (unpaired) electrons. The lowest BCUT2D eigenvalue weighted by Crippen LogP contribution is -2.37. The van der Waals surface area contributed by atoms with Crippen LogP contribution in [-0.2, 0) is 24.4 Å². The number of benzene rings is 1. The predicted octanol–water partition coefficient (Wildman–Crippen LogP) is 3.93. The SMILES string of the molecule is Cl.O=C(NCc1ccc2c(c1)CNC2)C1CCC2CCCCC2C1. The second-order valence-electron chi connectivity index (χ2n) is 7.74. The van der Waals surface area contributed by atoms with Crippen LogP contribution >= 0.6 is 12.4 Å². The molecule has 1 amide bonds. The number of carbonyl (C=O) groups excluding carboxylic acids is 1. The van der Waals surface area contributed by atoms with Gasteiger partial charge >= 0.3 is 0 Å². The lowest BCUT2D eigenvalue weighted by molar-refractivity contribution is -0.127. The highest BCUT2D eigenvalue weighted by Crippen LogP contribution is 2.42. The maximum atomic E-state index is 12.6. The molecule has 1 aliphatic heterocycles. The first-order valence-electron chi connectivity index (χ1n) is 9.38. The van der Waals surface area contributed by atoms with E-state index < -0.39 is 0 Å². The van der Waals surface area contributed by atoms with Crippen molar-refractivity contribution in [3.63, 3.8) is 0 Å². The standard InChI is InChI=1S/C20H28N2O.ClH/c23-20(17-8-7-15-3-1-2-4-16(15)10-17)22-11-14-5-6-18-12-21-13-19(18)9-14;/h5-6,9,15-17,21H,1-4,7-8,10-13H2,(H,22,23);1H. The highest BCUT2D eigenvalue weighted by Gasteiger charge is 2.34. The first kappa shape index (κ1) is 17.8. The van der Waals surface area contributed by atoms with Crippen molar-refractivity contribution in [3.8, 4) is 0 Å². The Labute approximate surface area is 151 Å². The predicted molar refractivity (Wildman–Crippen MR) is 98.9 cm³/mol. The average molecular weight is 349 g/mol. The average Bonchev–Trinajstić information content (AvgIpc) is 3.07. The zero-order valence-electron chi connectivity index (χ0n) is 14.4. The van der Waals surface area contributed by atoms with Crippen LogP contribution in [0, 0.1) is 17.8 Å². The molecule has 3 nitrogen and oxygen atoms in total. The molecule has 3 aliphatic rings. The monoisotopic (exact) mass is 348 g/mol. The first-order valence-corrected chi connectivity index (χ1v) is 9.38. The van der Waals surface area contributed by atoms with Gasteiger partial charge in [0.15, 0.2) is 0 Å². The maximum absolute atomic E-state index is 12.6. The molecule has 2 N–H and O–H groups in total. The molecule has 0 aromatic heterocycles. The number of amides is 1. The number of hydrogen-bond donors (Lipinski definition) is 2. The van der Waals surface area contributed by atoms with Gasteiger partial charge in [-0.3, -0.25) is 4.79 Å². The van der Waals surface area contributed by atoms with Gasteiger partial charge in [0.25, 0.3) is 0 Å². The molecule has 24 heavy (non-hydrogen) atoms. The third kappa shape index (κ3) is 3.78. The second kappa shape index (κ2) is 7.88. The summed E-state index contributed by atoms with van der Waals surface area (Å²) in [5.41, 5.74) is 4.02. The highest BCUT2D eigenvalue weighted by atomic mass is 35.5. The smallest absolute Gasteiger partial charge is 0.223 e. The first-order chi connectivity index (χ1) is 11.3. The molecule has 0 bridgehead atoms. The Bertz CT molecular complexity index is 589. The molecule has 4 heteroatoms. The van der Waals surface area contributed by atoms with Crippen LogP contribution in [-0.4, -0.2) is 5.91 Å². The summed E-state index contributed by atoms with van der Waals surface area (Å²) in [5.74, 6) is 2.27. The minimum Gasteiger partial charge on any atom is -0.352 e. The van der Waals surface area contributed by atoms with Crippen molar-refractivity contribution in [1.29, 1.82) is 0 Å². The summed E-state index contributed by atoms with van der Waals surface area (Å²) in [5, 5.41) is 6.57. The van der Waals surface area contributed by atoms with E-state index in [0.717, 1.165) is 37.8 Å². The minimum absolute atomic E-state index is 0. The molecule has 2 aliphatic carbocycles. The van der Waals surface area contributed by atoms with Crippen LogP contribution in [0.5, 0.6) is 0 Å². The molecular formula is C20H29ClN2O. The summed E-state index contributed by atoms with van der Waals surface area (Å²) >= 11 is 0. The van der Waals surface area contributed by atoms with Crippen molar-refractivity contribution < 1.29 is 4.79 Å². The van der Waals surface area contributed by atoms with E-state index in [1.54, 1.807) is 0 Å². The number of hydrogen-bond acceptors (Lipinski definition) is 2. The third-order valence-corrected chi connectivity index (χ3v) is 6.28. The van der Waals surface area contributed by atoms with Crippen molar-refractivity contribution in [2.45, 2.75) is 64.6 Å². The van der Waals surface area contributed by atoms with Crippen molar-refractivity contribution in [3.05, 3.63) is 34.9 Å². The van der Waals surface area contributed by atoms with Gasteiger partial charge in [-0.2, -0.15) is 0 Å². The summed E-state index contributed by atoms with van der Waals surface area (Å²) in [6.07, 6.45) is 9.04. The van der Waals surface area contributed by atoms with E-state index in [-0.39, 0.29) is 24.2 Å². The second-order valence-corrected chi connectivity index (χ2v) is 7.74. The summed E-state index contributed by atoms with van der Waals surface area (Å²) in [7, 11) is 0. The largest absolute Gasteiger partial charge is 0.352 e. The van der Waals surface area contributed by atoms with Crippen LogP contribution in [0.1, 0.15) is 61.6 Å². The molecule has 132 valence electrons. The normalized spacial score (nSPS) is 28.4. The molecule has 4 rings (SSSR count). The molecule has 2 saturated carbocycles. The van der Waals surface area contributed by atoms with Crippen LogP contribution in [0.3, 0.4) is 0 Å². The van der Waals surface area contributed by atoms with Crippen molar-refractivity contribution in [2.75, 3.05) is 0 Å². The Hall–Kier alpha value is -1.06. The van der Waals surface area contributed by atoms with Crippen molar-refractivity contribution in [1.82, 2.24) is 10.6 Å². The van der Waals surface area contributed by atoms with Crippen molar-refractivity contribution >= 4 is 18.3 Å². The molecule has 2 fully saturated rings. The van der Waals surface area contributed by atoms with Gasteiger partial charge in [-0.05, 0) is 47.8 Å². The Kier molecular flexibility index (Phi) is 5.83. The number of fused-ring (bicyclic) bond motifs is 2. The van der Waals surface area contributed by atoms with E-state index in [9.17, 15) is 4.79 Å². The zero-order chi connectivity index (χ0) is 15.6. The van der Waals surface area contributed by atoms with Gasteiger partial charge in [-0.15, -0.1) is 12.4 Å². The van der Waals surface area contributed by atoms with Gasteiger partial charge in [0.2, 0.25) is 5.91 Å². The van der Waals surface area contributed by atoms with Crippen LogP contribution < -0.4 is 10.6 Å². The summed E-state index contributed by atoms with van der Waals surface area (Å²) < 4.78 is 0. The molecule has 1 heterocycles. The van der Waals surface area contributed by atoms with Crippen LogP contribution in [0.25, 0.3) is 0 Å². The molecule has 1 aromatic rings. The number of carbonyl (C=O) groups is 1. The quantitative estimate of drug-likeness (QED) is 0.868. The Morgan fingerprint density at radius 3 is 2.71 bits per heavy atom. The minimum atomic E-state index is 0. The molecular weight excluding hydrogens is 320 g/mol. The summed E-state index contributed by atoms with van der Waals surface area (Å²) in [4.78, 5) is 12.6. The lowest BCUT2D eigenvalue weighted by atomic mass is 9.67. The van der Waals surface area contributed by atoms with Gasteiger partial charge in [-0.1, -0.05) is 43.9 Å². The van der Waals surface area contributed by atoms with E-state index in [1.165, 1.54) is 48.8 Å². The number of halogens is 1. The fourth-order valence-electron chi connectivity index (χ4n) is 4.90. The third-order valence-electron chi connectivity index (χ3n) is 6.28. The Morgan fingerprint density at radius 2 is 1.83 bits per heavy atom. The summed E-state index contributed by atoms with van der Waals surface area (Å²) in [6.45, 7) is 2.62. The molecule has 3 atom stereocenters. The molecule has 3 unspecified atom stereocenters. The lowest BCUT2D eigenvalue weighted by Gasteiger charge is -2.38. The van der Waals surface area contributed by atoms with Crippen LogP contribution in [0.15, 0.2) is 18.2 Å². The van der Waals surface area contributed by atoms with Gasteiger partial charge in [0.05, 0.1) is 0 Å². The van der Waals surface area contributed by atoms with E-state index in [0.29, 0.717) is 6.54 Å². The van der Waals surface area contributed by atoms with Gasteiger partial charge < -0.3 is 10.6 Å². The van der Waals surface area contributed by atoms with Crippen LogP contribution in [0.2, 0.25) is 0 Å². The molecule has 1 aromatic carbocycles. The maximum Gasteiger partial charge on any atom is 0.223 e. The Balaban J connectivity index is 0.00000169. The fraction of sp³-hybridized carbons (Fsp3) is 0.650. The van der Waals surface area contributed by atoms with Crippen LogP contribution in [0.4, 0.5) is 0 Å². The van der Waals surface area contributed by atoms with Gasteiger partial charge in [0.1, 0.15) is 0 Å². The van der Waals surface area contributed by atoms with E-state index in [1.807, 2.05) is 0 Å². The Morgan fingerprint density at radius 1 is 1.04 bits per heavy atom. The fourth-order valence-corrected chi connectivity index (χ4v) is 4.90. The summed E-state index contributed by atoms with van der Waals surface area (Å²) in [6, 6.07) is 6.60. The number of nitrogens with one attached hydrogen (secondary N) is 2. The van der Waals surface area contributed by atoms with E-state index in [2.05, 4.69) is 28.8 Å². The molecule has 0 spiro atoms. The van der Waals surface area contributed by atoms with Crippen molar-refractivity contribution in [2.24, 2.45) is 17.8 Å². The van der Waals surface area contributed by atoms with Gasteiger partial charge in [0, 0.05) is 25.6 Å². The zero-order valence-corrected chi connectivity index (χ0v) is 15.2. The molecule has 0 saturated heterocycles. The highest BCUT2D eigenvalue weighted by molar-refractivity contribution is 5.85. The number of rotatable bonds is 3. The topological polar surface area (TPSA) is 41.1 Å². The van der Waals surface area contributed by atoms with Gasteiger partial charge in [-0.25, -0.2) is 0 Å². The van der Waals surface area contributed by atoms with E-state index >= 15 is 0 Å². The van der Waals surface area contributed by atoms with E-state index in [4.69, 9.17) is 0 Å².